The van der Waals surface area contributed by atoms with Crippen LogP contribution in [0.25, 0.3) is 0 Å². The number of rotatable bonds is 11. The number of imidazole rings is 1. The Morgan fingerprint density at radius 1 is 1.14 bits per heavy atom. The third kappa shape index (κ3) is 5.39. The highest BCUT2D eigenvalue weighted by Crippen LogP contribution is 2.56. The maximum Gasteiger partial charge on any atom is 0.243 e. The highest BCUT2D eigenvalue weighted by molar-refractivity contribution is 7.52. The number of benzene rings is 1. The van der Waals surface area contributed by atoms with Crippen LogP contribution in [-0.2, 0) is 17.6 Å². The Morgan fingerprint density at radius 3 is 2.86 bits per heavy atom. The van der Waals surface area contributed by atoms with Crippen LogP contribution in [0.3, 0.4) is 0 Å². The van der Waals surface area contributed by atoms with Crippen LogP contribution in [0, 0.1) is 0 Å². The minimum atomic E-state index is -0.684. The molecule has 1 aromatic carbocycles. The molecule has 0 unspecified atom stereocenters. The molecule has 158 valence electrons. The molecule has 2 saturated heterocycles. The zero-order valence-corrected chi connectivity index (χ0v) is 18.7. The van der Waals surface area contributed by atoms with Crippen molar-refractivity contribution in [3.8, 4) is 0 Å². The molecule has 2 atom stereocenters. The van der Waals surface area contributed by atoms with Gasteiger partial charge in [-0.15, -0.1) is 0 Å². The van der Waals surface area contributed by atoms with E-state index in [9.17, 15) is 0 Å². The first-order valence-corrected chi connectivity index (χ1v) is 12.6. The van der Waals surface area contributed by atoms with E-state index in [2.05, 4.69) is 74.5 Å². The maximum absolute atomic E-state index is 6.51. The molecule has 2 fully saturated rings. The second-order valence-corrected chi connectivity index (χ2v) is 10.0. The van der Waals surface area contributed by atoms with E-state index in [0.717, 1.165) is 26.2 Å². The van der Waals surface area contributed by atoms with E-state index in [1.165, 1.54) is 57.2 Å². The third-order valence-electron chi connectivity index (χ3n) is 6.03. The highest BCUT2D eigenvalue weighted by Gasteiger charge is 2.43. The molecule has 2 aliphatic heterocycles. The van der Waals surface area contributed by atoms with Crippen molar-refractivity contribution in [2.24, 2.45) is 0 Å². The highest BCUT2D eigenvalue weighted by atomic mass is 31.2. The second-order valence-electron chi connectivity index (χ2n) is 8.27. The average molecular weight is 416 g/mol. The van der Waals surface area contributed by atoms with E-state index in [4.69, 9.17) is 4.52 Å². The van der Waals surface area contributed by atoms with Gasteiger partial charge in [0, 0.05) is 24.8 Å². The number of nitrogens with zero attached hydrogens (tertiary/aromatic N) is 4. The van der Waals surface area contributed by atoms with E-state index < -0.39 is 8.45 Å². The molecule has 2 aliphatic rings. The van der Waals surface area contributed by atoms with Crippen molar-refractivity contribution in [3.05, 3.63) is 49.1 Å². The summed E-state index contributed by atoms with van der Waals surface area (Å²) in [6, 6.07) is 11.5. The van der Waals surface area contributed by atoms with Crippen LogP contribution < -0.4 is 9.24 Å². The van der Waals surface area contributed by atoms with Crippen molar-refractivity contribution in [1.29, 1.82) is 0 Å². The fourth-order valence-electron chi connectivity index (χ4n) is 4.42. The molecular formula is C23H36N4OP+. The Balaban J connectivity index is 1.27. The van der Waals surface area contributed by atoms with E-state index in [0.29, 0.717) is 6.04 Å². The zero-order chi connectivity index (χ0) is 19.9. The Kier molecular flexibility index (Phi) is 7.59. The number of fused-ring (bicyclic) bond motifs is 1. The SMILES string of the molecule is CCCCCCC[n+]1ccn(CCO[P@]2N(c3ccccc3)C[C@@H]3CCCN32)c1. The van der Waals surface area contributed by atoms with Crippen LogP contribution in [0.2, 0.25) is 0 Å². The summed E-state index contributed by atoms with van der Waals surface area (Å²) in [6.07, 6.45) is 15.9. The van der Waals surface area contributed by atoms with Gasteiger partial charge in [-0.1, -0.05) is 44.4 Å². The monoisotopic (exact) mass is 415 g/mol. The van der Waals surface area contributed by atoms with E-state index in [1.807, 2.05) is 0 Å². The van der Waals surface area contributed by atoms with Crippen LogP contribution in [0.15, 0.2) is 49.1 Å². The van der Waals surface area contributed by atoms with Gasteiger partial charge in [0.15, 0.2) is 0 Å². The van der Waals surface area contributed by atoms with Crippen molar-refractivity contribution < 1.29 is 9.09 Å². The fourth-order valence-corrected chi connectivity index (χ4v) is 6.67. The van der Waals surface area contributed by atoms with E-state index in [1.54, 1.807) is 0 Å². The lowest BCUT2D eigenvalue weighted by Crippen LogP contribution is -2.31. The molecular weight excluding hydrogens is 379 g/mol. The van der Waals surface area contributed by atoms with Gasteiger partial charge >= 0.3 is 0 Å². The molecule has 0 bridgehead atoms. The lowest BCUT2D eigenvalue weighted by Gasteiger charge is -2.28. The summed E-state index contributed by atoms with van der Waals surface area (Å²) >= 11 is 0. The van der Waals surface area contributed by atoms with Crippen molar-refractivity contribution in [2.75, 3.05) is 24.4 Å². The van der Waals surface area contributed by atoms with Gasteiger partial charge in [0.1, 0.15) is 18.9 Å². The lowest BCUT2D eigenvalue weighted by molar-refractivity contribution is -0.696. The average Bonchev–Trinajstić information content (AvgIpc) is 3.46. The van der Waals surface area contributed by atoms with Crippen LogP contribution >= 0.6 is 8.45 Å². The van der Waals surface area contributed by atoms with Gasteiger partial charge in [-0.05, 0) is 37.8 Å². The van der Waals surface area contributed by atoms with Crippen LogP contribution in [0.5, 0.6) is 0 Å². The third-order valence-corrected chi connectivity index (χ3v) is 8.22. The molecule has 0 radical (unpaired) electrons. The normalized spacial score (nSPS) is 21.8. The molecule has 0 spiro atoms. The molecule has 6 heteroatoms. The first-order valence-electron chi connectivity index (χ1n) is 11.4. The summed E-state index contributed by atoms with van der Waals surface area (Å²) in [5.74, 6) is 0. The first kappa shape index (κ1) is 20.8. The van der Waals surface area contributed by atoms with Gasteiger partial charge in [-0.2, -0.15) is 0 Å². The molecule has 29 heavy (non-hydrogen) atoms. The van der Waals surface area contributed by atoms with E-state index in [-0.39, 0.29) is 0 Å². The molecule has 3 heterocycles. The van der Waals surface area contributed by atoms with Gasteiger partial charge in [-0.3, -0.25) is 0 Å². The van der Waals surface area contributed by atoms with Gasteiger partial charge < -0.3 is 9.19 Å². The molecule has 0 N–H and O–H groups in total. The van der Waals surface area contributed by atoms with Gasteiger partial charge in [0.2, 0.25) is 14.8 Å². The summed E-state index contributed by atoms with van der Waals surface area (Å²) in [4.78, 5) is 0. The molecule has 2 aromatic rings. The largest absolute Gasteiger partial charge is 0.323 e. The first-order chi connectivity index (χ1) is 14.3. The standard InChI is InChI=1S/C23H36N4OP/c1-2-3-4-5-9-14-24-16-17-25(21-24)18-19-28-29-26-15-10-13-23(26)20-27(29)22-11-7-6-8-12-22/h6-8,11-12,16-17,21,23H,2-5,9-10,13-15,18-20H2,1H3/q+1/t23-,29-/m0/s1. The Bertz CT molecular complexity index is 737. The van der Waals surface area contributed by atoms with Crippen molar-refractivity contribution >= 4 is 14.1 Å². The lowest BCUT2D eigenvalue weighted by atomic mass is 10.1. The quantitative estimate of drug-likeness (QED) is 0.294. The van der Waals surface area contributed by atoms with E-state index >= 15 is 0 Å². The van der Waals surface area contributed by atoms with Crippen LogP contribution in [0.4, 0.5) is 5.69 Å². The number of para-hydroxylation sites is 1. The molecule has 5 nitrogen and oxygen atoms in total. The summed E-state index contributed by atoms with van der Waals surface area (Å²) in [7, 11) is -0.684. The smallest absolute Gasteiger partial charge is 0.243 e. The summed E-state index contributed by atoms with van der Waals surface area (Å²) in [5, 5.41) is 0. The number of unbranched alkanes of at least 4 members (excludes halogenated alkanes) is 4. The summed E-state index contributed by atoms with van der Waals surface area (Å²) in [6.45, 7) is 7.37. The minimum Gasteiger partial charge on any atom is -0.323 e. The predicted molar refractivity (Wildman–Crippen MR) is 120 cm³/mol. The summed E-state index contributed by atoms with van der Waals surface area (Å²) in [5.41, 5.74) is 1.30. The van der Waals surface area contributed by atoms with Crippen LogP contribution in [0.1, 0.15) is 51.9 Å². The van der Waals surface area contributed by atoms with Gasteiger partial charge in [-0.25, -0.2) is 13.8 Å². The van der Waals surface area contributed by atoms with Crippen molar-refractivity contribution in [1.82, 2.24) is 9.24 Å². The Hall–Kier alpha value is -1.42. The number of aryl methyl sites for hydroxylation is 1. The minimum absolute atomic E-state index is 0.669. The fraction of sp³-hybridized carbons (Fsp3) is 0.609. The maximum atomic E-state index is 6.51. The number of hydrogen-bond acceptors (Lipinski definition) is 3. The molecule has 0 aliphatic carbocycles. The van der Waals surface area contributed by atoms with Crippen molar-refractivity contribution in [2.45, 2.75) is 71.0 Å². The molecule has 0 saturated carbocycles. The summed E-state index contributed by atoms with van der Waals surface area (Å²) < 4.78 is 16.2. The topological polar surface area (TPSA) is 24.5 Å². The second kappa shape index (κ2) is 10.6. The van der Waals surface area contributed by atoms with Gasteiger partial charge in [0.05, 0.1) is 13.2 Å². The molecule has 1 aromatic heterocycles. The van der Waals surface area contributed by atoms with Gasteiger partial charge in [0.25, 0.3) is 0 Å². The van der Waals surface area contributed by atoms with Crippen LogP contribution in [-0.4, -0.2) is 35.0 Å². The number of hydrogen-bond donors (Lipinski definition) is 0. The zero-order valence-electron chi connectivity index (χ0n) is 17.8. The number of aromatic nitrogens is 2. The Morgan fingerprint density at radius 2 is 2.00 bits per heavy atom. The molecule has 4 rings (SSSR count). The predicted octanol–water partition coefficient (Wildman–Crippen LogP) is 4.97. The Labute approximate surface area is 177 Å². The number of anilines is 1. The molecule has 0 amide bonds. The van der Waals surface area contributed by atoms with Crippen molar-refractivity contribution in [3.63, 3.8) is 0 Å².